The first-order valence-corrected chi connectivity index (χ1v) is 7.33. The lowest BCUT2D eigenvalue weighted by Gasteiger charge is -2.27. The van der Waals surface area contributed by atoms with Crippen molar-refractivity contribution < 1.29 is 4.79 Å². The summed E-state index contributed by atoms with van der Waals surface area (Å²) in [6, 6.07) is 0.266. The minimum atomic E-state index is 0.0244. The van der Waals surface area contributed by atoms with E-state index in [1.807, 2.05) is 6.92 Å². The molecular weight excluding hydrogens is 288 g/mol. The third-order valence-electron chi connectivity index (χ3n) is 2.95. The van der Waals surface area contributed by atoms with Crippen LogP contribution in [0.5, 0.6) is 0 Å². The van der Waals surface area contributed by atoms with Gasteiger partial charge in [0.2, 0.25) is 0 Å². The molecular formula is C11H15BrN2OS. The first-order valence-electron chi connectivity index (χ1n) is 5.53. The van der Waals surface area contributed by atoms with Crippen molar-refractivity contribution in [2.24, 2.45) is 0 Å². The number of hydrogen-bond donors (Lipinski definition) is 1. The van der Waals surface area contributed by atoms with Gasteiger partial charge in [0.1, 0.15) is 4.88 Å². The Kier molecular flexibility index (Phi) is 3.97. The number of carbonyl (C=O) groups is 1. The lowest BCUT2D eigenvalue weighted by Crippen LogP contribution is -2.42. The first kappa shape index (κ1) is 12.0. The van der Waals surface area contributed by atoms with Gasteiger partial charge in [-0.25, -0.2) is 4.98 Å². The molecule has 1 heterocycles. The molecule has 3 nitrogen and oxygen atoms in total. The molecule has 16 heavy (non-hydrogen) atoms. The average molecular weight is 303 g/mol. The normalized spacial score (nSPS) is 25.4. The number of nitrogens with one attached hydrogen (secondary N) is 1. The van der Waals surface area contributed by atoms with Crippen LogP contribution < -0.4 is 5.32 Å². The van der Waals surface area contributed by atoms with Gasteiger partial charge in [-0.1, -0.05) is 28.8 Å². The highest BCUT2D eigenvalue weighted by Crippen LogP contribution is 2.25. The van der Waals surface area contributed by atoms with Crippen LogP contribution in [0.25, 0.3) is 0 Å². The van der Waals surface area contributed by atoms with Gasteiger partial charge in [-0.3, -0.25) is 4.79 Å². The van der Waals surface area contributed by atoms with Crippen LogP contribution in [-0.2, 0) is 0 Å². The third kappa shape index (κ3) is 2.63. The van der Waals surface area contributed by atoms with Crippen molar-refractivity contribution >= 4 is 33.2 Å². The zero-order valence-corrected chi connectivity index (χ0v) is 11.6. The van der Waals surface area contributed by atoms with Gasteiger partial charge < -0.3 is 5.32 Å². The third-order valence-corrected chi connectivity index (χ3v) is 4.97. The molecule has 1 aliphatic carbocycles. The largest absolute Gasteiger partial charge is 0.347 e. The average Bonchev–Trinajstić information content (AvgIpc) is 2.68. The van der Waals surface area contributed by atoms with E-state index in [2.05, 4.69) is 26.2 Å². The monoisotopic (exact) mass is 302 g/mol. The number of thiazole rings is 1. The number of carbonyl (C=O) groups excluding carboxylic acids is 1. The van der Waals surface area contributed by atoms with E-state index >= 15 is 0 Å². The van der Waals surface area contributed by atoms with Gasteiger partial charge in [-0.05, 0) is 19.8 Å². The molecule has 2 atom stereocenters. The van der Waals surface area contributed by atoms with Crippen molar-refractivity contribution in [3.05, 3.63) is 16.1 Å². The molecule has 88 valence electrons. The maximum absolute atomic E-state index is 12.0. The Morgan fingerprint density at radius 3 is 2.94 bits per heavy atom. The van der Waals surface area contributed by atoms with Crippen molar-refractivity contribution in [3.63, 3.8) is 0 Å². The Morgan fingerprint density at radius 1 is 1.56 bits per heavy atom. The van der Waals surface area contributed by atoms with E-state index in [1.54, 1.807) is 5.51 Å². The summed E-state index contributed by atoms with van der Waals surface area (Å²) in [4.78, 5) is 17.2. The van der Waals surface area contributed by atoms with Crippen molar-refractivity contribution in [3.8, 4) is 0 Å². The Hall–Kier alpha value is -0.420. The zero-order valence-electron chi connectivity index (χ0n) is 9.20. The van der Waals surface area contributed by atoms with Crippen LogP contribution in [0.15, 0.2) is 5.51 Å². The van der Waals surface area contributed by atoms with Crippen molar-refractivity contribution in [2.75, 3.05) is 0 Å². The minimum Gasteiger partial charge on any atom is -0.347 e. The van der Waals surface area contributed by atoms with Gasteiger partial charge in [-0.2, -0.15) is 0 Å². The standard InChI is InChI=1S/C11H15BrN2OS/c1-7-10(16-6-13-7)11(15)14-9-5-3-2-4-8(9)12/h6,8-9H,2-5H2,1H3,(H,14,15). The second-order valence-corrected chi connectivity index (χ2v) is 6.18. The summed E-state index contributed by atoms with van der Waals surface area (Å²) in [5.41, 5.74) is 2.54. The van der Waals surface area contributed by atoms with Gasteiger partial charge in [0.15, 0.2) is 0 Å². The number of nitrogens with zero attached hydrogens (tertiary/aromatic N) is 1. The van der Waals surface area contributed by atoms with Gasteiger partial charge in [0.05, 0.1) is 11.2 Å². The first-order chi connectivity index (χ1) is 7.68. The minimum absolute atomic E-state index is 0.0244. The molecule has 2 rings (SSSR count). The van der Waals surface area contributed by atoms with Crippen LogP contribution in [-0.4, -0.2) is 21.8 Å². The summed E-state index contributed by atoms with van der Waals surface area (Å²) < 4.78 is 0. The topological polar surface area (TPSA) is 42.0 Å². The summed E-state index contributed by atoms with van der Waals surface area (Å²) in [5.74, 6) is 0.0244. The van der Waals surface area contributed by atoms with E-state index in [0.29, 0.717) is 4.83 Å². The van der Waals surface area contributed by atoms with Crippen LogP contribution in [0.4, 0.5) is 0 Å². The number of hydrogen-bond acceptors (Lipinski definition) is 3. The maximum Gasteiger partial charge on any atom is 0.263 e. The molecule has 0 spiro atoms. The van der Waals surface area contributed by atoms with Crippen LogP contribution in [0.1, 0.15) is 41.0 Å². The smallest absolute Gasteiger partial charge is 0.263 e. The van der Waals surface area contributed by atoms with E-state index < -0.39 is 0 Å². The van der Waals surface area contributed by atoms with E-state index in [-0.39, 0.29) is 11.9 Å². The summed E-state index contributed by atoms with van der Waals surface area (Å²) in [5, 5.41) is 3.10. The lowest BCUT2D eigenvalue weighted by atomic mass is 9.95. The Bertz CT molecular complexity index is 380. The molecule has 1 saturated carbocycles. The number of alkyl halides is 1. The molecule has 1 fully saturated rings. The summed E-state index contributed by atoms with van der Waals surface area (Å²) >= 11 is 5.05. The van der Waals surface area contributed by atoms with Gasteiger partial charge in [0.25, 0.3) is 5.91 Å². The highest BCUT2D eigenvalue weighted by atomic mass is 79.9. The summed E-state index contributed by atoms with van der Waals surface area (Å²) in [7, 11) is 0. The summed E-state index contributed by atoms with van der Waals surface area (Å²) in [6.07, 6.45) is 4.67. The van der Waals surface area contributed by atoms with Gasteiger partial charge in [-0.15, -0.1) is 11.3 Å². The number of amides is 1. The molecule has 1 amide bonds. The Balaban J connectivity index is 1.99. The molecule has 0 aliphatic heterocycles. The fourth-order valence-corrected chi connectivity index (χ4v) is 3.43. The maximum atomic E-state index is 12.0. The molecule has 2 unspecified atom stereocenters. The predicted octanol–water partition coefficient (Wildman–Crippen LogP) is 2.89. The molecule has 1 aromatic heterocycles. The zero-order chi connectivity index (χ0) is 11.5. The highest BCUT2D eigenvalue weighted by Gasteiger charge is 2.25. The van der Waals surface area contributed by atoms with Crippen molar-refractivity contribution in [1.82, 2.24) is 10.3 Å². The quantitative estimate of drug-likeness (QED) is 0.854. The molecule has 0 aromatic carbocycles. The Labute approximate surface area is 108 Å². The van der Waals surface area contributed by atoms with Crippen LogP contribution in [0.2, 0.25) is 0 Å². The molecule has 0 bridgehead atoms. The molecule has 1 aromatic rings. The van der Waals surface area contributed by atoms with E-state index in [4.69, 9.17) is 0 Å². The Morgan fingerprint density at radius 2 is 2.31 bits per heavy atom. The van der Waals surface area contributed by atoms with Crippen LogP contribution >= 0.6 is 27.3 Å². The highest BCUT2D eigenvalue weighted by molar-refractivity contribution is 9.09. The fourth-order valence-electron chi connectivity index (χ4n) is 2.00. The predicted molar refractivity (Wildman–Crippen MR) is 69.3 cm³/mol. The van der Waals surface area contributed by atoms with Gasteiger partial charge >= 0.3 is 0 Å². The van der Waals surface area contributed by atoms with Crippen molar-refractivity contribution in [2.45, 2.75) is 43.5 Å². The van der Waals surface area contributed by atoms with Crippen molar-refractivity contribution in [1.29, 1.82) is 0 Å². The van der Waals surface area contributed by atoms with Gasteiger partial charge in [0, 0.05) is 10.9 Å². The van der Waals surface area contributed by atoms with E-state index in [1.165, 1.54) is 24.2 Å². The van der Waals surface area contributed by atoms with E-state index in [9.17, 15) is 4.79 Å². The second-order valence-electron chi connectivity index (χ2n) is 4.15. The van der Waals surface area contributed by atoms with Crippen LogP contribution in [0, 0.1) is 6.92 Å². The van der Waals surface area contributed by atoms with E-state index in [0.717, 1.165) is 23.4 Å². The molecule has 0 radical (unpaired) electrons. The molecule has 1 aliphatic rings. The molecule has 1 N–H and O–H groups in total. The fraction of sp³-hybridized carbons (Fsp3) is 0.636. The molecule has 5 heteroatoms. The number of aromatic nitrogens is 1. The molecule has 0 saturated heterocycles. The number of rotatable bonds is 2. The lowest BCUT2D eigenvalue weighted by molar-refractivity contribution is 0.0933. The summed E-state index contributed by atoms with van der Waals surface area (Å²) in [6.45, 7) is 1.87. The second kappa shape index (κ2) is 5.27. The van der Waals surface area contributed by atoms with Crippen LogP contribution in [0.3, 0.4) is 0 Å². The number of halogens is 1. The SMILES string of the molecule is Cc1ncsc1C(=O)NC1CCCCC1Br. The number of aryl methyl sites for hydroxylation is 1.